The van der Waals surface area contributed by atoms with Gasteiger partial charge in [-0.1, -0.05) is 0 Å². The Labute approximate surface area is 139 Å². The van der Waals surface area contributed by atoms with Crippen LogP contribution < -0.4 is 4.46 Å². The van der Waals surface area contributed by atoms with Gasteiger partial charge in [0.2, 0.25) is 0 Å². The summed E-state index contributed by atoms with van der Waals surface area (Å²) in [6.07, 6.45) is 6.75. The average Bonchev–Trinajstić information content (AvgIpc) is 2.59. The van der Waals surface area contributed by atoms with Crippen LogP contribution >= 0.6 is 0 Å². The van der Waals surface area contributed by atoms with Crippen LogP contribution in [0.5, 0.6) is 0 Å². The van der Waals surface area contributed by atoms with Crippen molar-refractivity contribution in [2.24, 2.45) is 0 Å². The third-order valence-corrected chi connectivity index (χ3v) is 5.63. The standard InChI is InChI=1S/C20H22OSe/c1-2-3-4-11-16-19(22-18-14-9-6-10-15-18)20(21)17-12-7-5-8-13-17/h5-10,12-16H,2-4,11H2,1H3. The third-order valence-electron chi connectivity index (χ3n) is 3.37. The van der Waals surface area contributed by atoms with Crippen LogP contribution in [0.15, 0.2) is 71.2 Å². The number of allylic oxidation sites excluding steroid dienone is 2. The maximum atomic E-state index is 12.8. The first-order valence-corrected chi connectivity index (χ1v) is 9.55. The molecule has 0 aliphatic carbocycles. The van der Waals surface area contributed by atoms with Crippen molar-refractivity contribution in [2.75, 3.05) is 0 Å². The Morgan fingerprint density at radius 2 is 1.59 bits per heavy atom. The quantitative estimate of drug-likeness (QED) is 0.297. The van der Waals surface area contributed by atoms with Crippen LogP contribution in [0.3, 0.4) is 0 Å². The maximum absolute atomic E-state index is 12.8. The Morgan fingerprint density at radius 3 is 2.23 bits per heavy atom. The SMILES string of the molecule is CCCCCC=C([Se]c1ccccc1)C(=O)c1ccccc1. The van der Waals surface area contributed by atoms with E-state index in [9.17, 15) is 4.79 Å². The van der Waals surface area contributed by atoms with Crippen LogP contribution in [-0.4, -0.2) is 20.7 Å². The molecule has 0 bridgehead atoms. The predicted molar refractivity (Wildman–Crippen MR) is 94.8 cm³/mol. The van der Waals surface area contributed by atoms with E-state index >= 15 is 0 Å². The minimum absolute atomic E-state index is 0.0698. The van der Waals surface area contributed by atoms with E-state index in [-0.39, 0.29) is 20.7 Å². The van der Waals surface area contributed by atoms with Gasteiger partial charge < -0.3 is 0 Å². The second kappa shape index (κ2) is 9.40. The fourth-order valence-corrected chi connectivity index (χ4v) is 4.17. The van der Waals surface area contributed by atoms with Crippen molar-refractivity contribution >= 4 is 25.2 Å². The Kier molecular flexibility index (Phi) is 7.15. The number of benzene rings is 2. The van der Waals surface area contributed by atoms with E-state index in [4.69, 9.17) is 0 Å². The van der Waals surface area contributed by atoms with Gasteiger partial charge in [-0.15, -0.1) is 0 Å². The summed E-state index contributed by atoms with van der Waals surface area (Å²) in [7, 11) is 0. The molecule has 0 aromatic heterocycles. The van der Waals surface area contributed by atoms with E-state index < -0.39 is 0 Å². The molecule has 0 amide bonds. The molecule has 0 radical (unpaired) electrons. The molecule has 0 fully saturated rings. The molecule has 0 unspecified atom stereocenters. The summed E-state index contributed by atoms with van der Waals surface area (Å²) in [6, 6.07) is 19.9. The fourth-order valence-electron chi connectivity index (χ4n) is 2.16. The van der Waals surface area contributed by atoms with Crippen molar-refractivity contribution in [1.82, 2.24) is 0 Å². The molecule has 2 rings (SSSR count). The molecule has 0 aliphatic rings. The summed E-state index contributed by atoms with van der Waals surface area (Å²) in [5.74, 6) is 0.181. The van der Waals surface area contributed by atoms with Crippen molar-refractivity contribution in [3.05, 3.63) is 76.8 Å². The van der Waals surface area contributed by atoms with Crippen molar-refractivity contribution < 1.29 is 4.79 Å². The molecular formula is C20H22OSe. The summed E-state index contributed by atoms with van der Waals surface area (Å²) in [5.41, 5.74) is 0.794. The number of hydrogen-bond donors (Lipinski definition) is 0. The van der Waals surface area contributed by atoms with Gasteiger partial charge in [0.1, 0.15) is 0 Å². The van der Waals surface area contributed by atoms with Crippen LogP contribution in [0.1, 0.15) is 43.0 Å². The molecular weight excluding hydrogens is 335 g/mol. The van der Waals surface area contributed by atoms with Crippen LogP contribution in [0.2, 0.25) is 0 Å². The van der Waals surface area contributed by atoms with Crippen LogP contribution in [0.4, 0.5) is 0 Å². The molecule has 114 valence electrons. The van der Waals surface area contributed by atoms with E-state index in [0.717, 1.165) is 22.9 Å². The number of carbonyl (C=O) groups is 1. The molecule has 2 aromatic rings. The molecule has 0 atom stereocenters. The van der Waals surface area contributed by atoms with Gasteiger partial charge in [-0.25, -0.2) is 0 Å². The van der Waals surface area contributed by atoms with Gasteiger partial charge in [-0.3, -0.25) is 0 Å². The third kappa shape index (κ3) is 5.29. The fraction of sp³-hybridized carbons (Fsp3) is 0.250. The molecule has 0 saturated heterocycles. The normalized spacial score (nSPS) is 11.4. The number of rotatable bonds is 8. The summed E-state index contributed by atoms with van der Waals surface area (Å²) < 4.78 is 2.22. The van der Waals surface area contributed by atoms with Crippen LogP contribution in [-0.2, 0) is 0 Å². The van der Waals surface area contributed by atoms with Gasteiger partial charge in [-0.2, -0.15) is 0 Å². The first-order chi connectivity index (χ1) is 10.8. The van der Waals surface area contributed by atoms with Gasteiger partial charge >= 0.3 is 139 Å². The summed E-state index contributed by atoms with van der Waals surface area (Å²) in [6.45, 7) is 2.20. The Hall–Kier alpha value is -1.63. The second-order valence-electron chi connectivity index (χ2n) is 5.17. The van der Waals surface area contributed by atoms with Gasteiger partial charge in [0.05, 0.1) is 0 Å². The summed E-state index contributed by atoms with van der Waals surface area (Å²) in [4.78, 5) is 12.8. The predicted octanol–water partition coefficient (Wildman–Crippen LogP) is 4.36. The van der Waals surface area contributed by atoms with Crippen molar-refractivity contribution in [3.63, 3.8) is 0 Å². The van der Waals surface area contributed by atoms with Crippen molar-refractivity contribution in [2.45, 2.75) is 32.6 Å². The number of Topliss-reactive ketones (excluding diaryl/α,β-unsaturated/α-hetero) is 1. The molecule has 1 nitrogen and oxygen atoms in total. The topological polar surface area (TPSA) is 17.1 Å². The second-order valence-corrected chi connectivity index (χ2v) is 7.51. The van der Waals surface area contributed by atoms with Crippen molar-refractivity contribution in [3.8, 4) is 0 Å². The van der Waals surface area contributed by atoms with Crippen LogP contribution in [0, 0.1) is 0 Å². The van der Waals surface area contributed by atoms with Crippen LogP contribution in [0.25, 0.3) is 0 Å². The zero-order chi connectivity index (χ0) is 15.6. The van der Waals surface area contributed by atoms with E-state index in [1.54, 1.807) is 0 Å². The first kappa shape index (κ1) is 16.7. The van der Waals surface area contributed by atoms with E-state index in [2.05, 4.69) is 25.1 Å². The molecule has 0 heterocycles. The first-order valence-electron chi connectivity index (χ1n) is 7.84. The van der Waals surface area contributed by atoms with Gasteiger partial charge in [0.25, 0.3) is 0 Å². The van der Waals surface area contributed by atoms with Gasteiger partial charge in [0.15, 0.2) is 0 Å². The summed E-state index contributed by atoms with van der Waals surface area (Å²) in [5, 5.41) is 0. The Balaban J connectivity index is 2.15. The average molecular weight is 357 g/mol. The van der Waals surface area contributed by atoms with E-state index in [1.807, 2.05) is 48.5 Å². The monoisotopic (exact) mass is 358 g/mol. The number of hydrogen-bond acceptors (Lipinski definition) is 1. The van der Waals surface area contributed by atoms with Gasteiger partial charge in [-0.05, 0) is 0 Å². The molecule has 0 aliphatic heterocycles. The van der Waals surface area contributed by atoms with Gasteiger partial charge in [0, 0.05) is 0 Å². The zero-order valence-corrected chi connectivity index (χ0v) is 14.7. The zero-order valence-electron chi connectivity index (χ0n) is 13.0. The summed E-state index contributed by atoms with van der Waals surface area (Å²) >= 11 is 0.0698. The molecule has 2 heteroatoms. The van der Waals surface area contributed by atoms with E-state index in [1.165, 1.54) is 17.3 Å². The Bertz CT molecular complexity index is 602. The molecule has 2 aromatic carbocycles. The molecule has 0 saturated carbocycles. The number of carbonyl (C=O) groups excluding carboxylic acids is 1. The minimum atomic E-state index is 0.0698. The molecule has 0 spiro atoms. The Morgan fingerprint density at radius 1 is 0.955 bits per heavy atom. The van der Waals surface area contributed by atoms with Crippen molar-refractivity contribution in [1.29, 1.82) is 0 Å². The van der Waals surface area contributed by atoms with E-state index in [0.29, 0.717) is 0 Å². The number of unbranched alkanes of at least 4 members (excludes halogenated alkanes) is 3. The number of ketones is 1. The molecule has 22 heavy (non-hydrogen) atoms. The molecule has 0 N–H and O–H groups in total.